The van der Waals surface area contributed by atoms with E-state index in [2.05, 4.69) is 12.2 Å². The molecule has 1 unspecified atom stereocenters. The van der Waals surface area contributed by atoms with E-state index in [-0.39, 0.29) is 12.6 Å². The van der Waals surface area contributed by atoms with Crippen LogP contribution >= 0.6 is 0 Å². The molecule has 0 aliphatic rings. The number of hydrogen-bond donors (Lipinski definition) is 3. The van der Waals surface area contributed by atoms with Gasteiger partial charge in [-0.3, -0.25) is 0 Å². The first-order valence-electron chi connectivity index (χ1n) is 6.43. The van der Waals surface area contributed by atoms with Crippen molar-refractivity contribution in [3.05, 3.63) is 12.2 Å². The highest BCUT2D eigenvalue weighted by Gasteiger charge is 1.96. The fourth-order valence-electron chi connectivity index (χ4n) is 1.58. The lowest BCUT2D eigenvalue weighted by Gasteiger charge is -2.04. The fraction of sp³-hybridized carbons (Fsp3) is 0.846. The van der Waals surface area contributed by atoms with Gasteiger partial charge >= 0.3 is 0 Å². The molecule has 0 aliphatic carbocycles. The van der Waals surface area contributed by atoms with Gasteiger partial charge in [-0.05, 0) is 32.1 Å². The van der Waals surface area contributed by atoms with Gasteiger partial charge in [0.1, 0.15) is 0 Å². The molecule has 96 valence electrons. The molecule has 4 N–H and O–H groups in total. The smallest absolute Gasteiger partial charge is 0.0445 e. The van der Waals surface area contributed by atoms with Gasteiger partial charge in [-0.25, -0.2) is 0 Å². The Morgan fingerprint density at radius 2 is 1.56 bits per heavy atom. The number of aliphatic hydroxyl groups excluding tert-OH is 2. The number of rotatable bonds is 11. The van der Waals surface area contributed by atoms with Crippen molar-refractivity contribution in [1.82, 2.24) is 0 Å². The molecule has 1 atom stereocenters. The molecular formula is C13H27NO2. The largest absolute Gasteiger partial charge is 0.396 e. The van der Waals surface area contributed by atoms with E-state index in [0.29, 0.717) is 13.0 Å². The van der Waals surface area contributed by atoms with Gasteiger partial charge in [0, 0.05) is 19.3 Å². The highest BCUT2D eigenvalue weighted by atomic mass is 16.3. The van der Waals surface area contributed by atoms with E-state index in [4.69, 9.17) is 15.9 Å². The lowest BCUT2D eigenvalue weighted by Crippen LogP contribution is -2.19. The molecule has 0 heterocycles. The first-order chi connectivity index (χ1) is 7.81. The lowest BCUT2D eigenvalue weighted by atomic mass is 10.1. The van der Waals surface area contributed by atoms with Crippen molar-refractivity contribution in [2.24, 2.45) is 5.73 Å². The zero-order chi connectivity index (χ0) is 12.1. The molecule has 3 nitrogen and oxygen atoms in total. The Kier molecular flexibility index (Phi) is 12.4. The van der Waals surface area contributed by atoms with Crippen molar-refractivity contribution in [1.29, 1.82) is 0 Å². The van der Waals surface area contributed by atoms with Gasteiger partial charge in [0.05, 0.1) is 0 Å². The van der Waals surface area contributed by atoms with E-state index < -0.39 is 0 Å². The summed E-state index contributed by atoms with van der Waals surface area (Å²) in [5.74, 6) is 0. The summed E-state index contributed by atoms with van der Waals surface area (Å²) in [5, 5.41) is 17.3. The number of aliphatic hydroxyl groups is 2. The van der Waals surface area contributed by atoms with Crippen LogP contribution in [-0.2, 0) is 0 Å². The number of allylic oxidation sites excluding steroid dienone is 1. The Balaban J connectivity index is 3.15. The minimum absolute atomic E-state index is 0.103. The molecule has 0 aromatic heterocycles. The molecule has 0 aromatic rings. The van der Waals surface area contributed by atoms with E-state index >= 15 is 0 Å². The molecule has 0 aromatic carbocycles. The van der Waals surface area contributed by atoms with Gasteiger partial charge in [0.2, 0.25) is 0 Å². The second kappa shape index (κ2) is 12.7. The zero-order valence-corrected chi connectivity index (χ0v) is 10.3. The second-order valence-corrected chi connectivity index (χ2v) is 4.26. The van der Waals surface area contributed by atoms with Gasteiger partial charge in [-0.1, -0.05) is 31.4 Å². The monoisotopic (exact) mass is 229 g/mol. The third-order valence-corrected chi connectivity index (χ3v) is 2.63. The SMILES string of the molecule is NC(C/C=C\CCCCCCCO)CCO. The molecule has 0 amide bonds. The van der Waals surface area contributed by atoms with Gasteiger partial charge in [-0.15, -0.1) is 0 Å². The van der Waals surface area contributed by atoms with Crippen LogP contribution in [-0.4, -0.2) is 29.5 Å². The second-order valence-electron chi connectivity index (χ2n) is 4.26. The molecule has 3 heteroatoms. The van der Waals surface area contributed by atoms with Crippen molar-refractivity contribution in [3.63, 3.8) is 0 Å². The van der Waals surface area contributed by atoms with Crippen LogP contribution in [0.5, 0.6) is 0 Å². The van der Waals surface area contributed by atoms with Crippen LogP contribution in [0.4, 0.5) is 0 Å². The number of unbranched alkanes of at least 4 members (excludes halogenated alkanes) is 5. The number of nitrogens with two attached hydrogens (primary N) is 1. The third kappa shape index (κ3) is 11.7. The molecule has 0 spiro atoms. The maximum atomic E-state index is 8.66. The van der Waals surface area contributed by atoms with Crippen LogP contribution in [0.1, 0.15) is 51.4 Å². The lowest BCUT2D eigenvalue weighted by molar-refractivity contribution is 0.276. The summed E-state index contributed by atoms with van der Waals surface area (Å²) in [6.07, 6.45) is 12.7. The van der Waals surface area contributed by atoms with Crippen molar-refractivity contribution in [2.45, 2.75) is 57.4 Å². The summed E-state index contributed by atoms with van der Waals surface area (Å²) in [7, 11) is 0. The minimum Gasteiger partial charge on any atom is -0.396 e. The van der Waals surface area contributed by atoms with E-state index in [1.54, 1.807) is 0 Å². The normalized spacial score (nSPS) is 13.4. The Morgan fingerprint density at radius 3 is 2.25 bits per heavy atom. The van der Waals surface area contributed by atoms with Crippen molar-refractivity contribution in [2.75, 3.05) is 13.2 Å². The first-order valence-corrected chi connectivity index (χ1v) is 6.43. The van der Waals surface area contributed by atoms with Crippen LogP contribution in [0.2, 0.25) is 0 Å². The molecule has 0 saturated heterocycles. The Morgan fingerprint density at radius 1 is 0.875 bits per heavy atom. The van der Waals surface area contributed by atoms with E-state index in [1.807, 2.05) is 0 Å². The minimum atomic E-state index is 0.103. The molecule has 0 saturated carbocycles. The van der Waals surface area contributed by atoms with Gasteiger partial charge in [0.15, 0.2) is 0 Å². The third-order valence-electron chi connectivity index (χ3n) is 2.63. The summed E-state index contributed by atoms with van der Waals surface area (Å²) in [6.45, 7) is 0.502. The summed E-state index contributed by atoms with van der Waals surface area (Å²) in [6, 6.07) is 0.103. The highest BCUT2D eigenvalue weighted by Crippen LogP contribution is 2.06. The highest BCUT2D eigenvalue weighted by molar-refractivity contribution is 4.85. The maximum Gasteiger partial charge on any atom is 0.0445 e. The molecule has 0 bridgehead atoms. The molecule has 0 radical (unpaired) electrons. The predicted octanol–water partition coefficient (Wildman–Crippen LogP) is 1.98. The standard InChI is InChI=1S/C13H27NO2/c14-13(10-12-16)9-7-5-3-1-2-4-6-8-11-15/h5,7,13,15-16H,1-4,6,8-12,14H2/b7-5-. The Labute approximate surface area is 99.4 Å². The number of hydrogen-bond acceptors (Lipinski definition) is 3. The summed E-state index contributed by atoms with van der Waals surface area (Å²) in [5.41, 5.74) is 5.75. The van der Waals surface area contributed by atoms with Gasteiger partial charge < -0.3 is 15.9 Å². The molecule has 16 heavy (non-hydrogen) atoms. The van der Waals surface area contributed by atoms with Crippen molar-refractivity contribution >= 4 is 0 Å². The average Bonchev–Trinajstić information content (AvgIpc) is 2.27. The molecule has 0 rings (SSSR count). The molecule has 0 aliphatic heterocycles. The topological polar surface area (TPSA) is 66.5 Å². The summed E-state index contributed by atoms with van der Waals surface area (Å²) >= 11 is 0. The van der Waals surface area contributed by atoms with E-state index in [0.717, 1.165) is 25.7 Å². The quantitative estimate of drug-likeness (QED) is 0.375. The molecule has 0 fully saturated rings. The van der Waals surface area contributed by atoms with Gasteiger partial charge in [0.25, 0.3) is 0 Å². The van der Waals surface area contributed by atoms with Crippen LogP contribution < -0.4 is 5.73 Å². The Bertz CT molecular complexity index is 160. The molecular weight excluding hydrogens is 202 g/mol. The van der Waals surface area contributed by atoms with Crippen molar-refractivity contribution < 1.29 is 10.2 Å². The Hall–Kier alpha value is -0.380. The summed E-state index contributed by atoms with van der Waals surface area (Å²) < 4.78 is 0. The fourth-order valence-corrected chi connectivity index (χ4v) is 1.58. The zero-order valence-electron chi connectivity index (χ0n) is 10.3. The van der Waals surface area contributed by atoms with Gasteiger partial charge in [-0.2, -0.15) is 0 Å². The van der Waals surface area contributed by atoms with Crippen LogP contribution in [0.15, 0.2) is 12.2 Å². The van der Waals surface area contributed by atoms with Crippen molar-refractivity contribution in [3.8, 4) is 0 Å². The average molecular weight is 229 g/mol. The van der Waals surface area contributed by atoms with Crippen LogP contribution in [0, 0.1) is 0 Å². The predicted molar refractivity (Wildman–Crippen MR) is 68.2 cm³/mol. The van der Waals surface area contributed by atoms with Crippen LogP contribution in [0.25, 0.3) is 0 Å². The first kappa shape index (κ1) is 15.6. The maximum absolute atomic E-state index is 8.66. The van der Waals surface area contributed by atoms with E-state index in [1.165, 1.54) is 19.3 Å². The summed E-state index contributed by atoms with van der Waals surface area (Å²) in [4.78, 5) is 0. The van der Waals surface area contributed by atoms with Crippen LogP contribution in [0.3, 0.4) is 0 Å². The van der Waals surface area contributed by atoms with E-state index in [9.17, 15) is 0 Å².